The van der Waals surface area contributed by atoms with Crippen molar-refractivity contribution in [3.05, 3.63) is 34.8 Å². The zero-order chi connectivity index (χ0) is 18.0. The molecular formula is C17H22N4O3S. The van der Waals surface area contributed by atoms with Gasteiger partial charge in [-0.15, -0.1) is 11.7 Å². The fourth-order valence-electron chi connectivity index (χ4n) is 3.31. The molecule has 3 heterocycles. The minimum absolute atomic E-state index is 0.0946. The number of fused-ring (bicyclic) bond motifs is 1. The Morgan fingerprint density at radius 2 is 2.36 bits per heavy atom. The van der Waals surface area contributed by atoms with Crippen molar-refractivity contribution >= 4 is 27.4 Å². The number of aliphatic carboxylic acids is 1. The molecule has 1 saturated heterocycles. The van der Waals surface area contributed by atoms with Crippen molar-refractivity contribution in [2.75, 3.05) is 18.0 Å². The molecule has 2 atom stereocenters. The highest BCUT2D eigenvalue weighted by molar-refractivity contribution is 7.20. The van der Waals surface area contributed by atoms with E-state index in [1.807, 2.05) is 6.08 Å². The molecule has 3 rings (SSSR count). The maximum absolute atomic E-state index is 12.2. The van der Waals surface area contributed by atoms with Gasteiger partial charge in [0.1, 0.15) is 0 Å². The van der Waals surface area contributed by atoms with Crippen LogP contribution in [0.4, 0.5) is 5.13 Å². The van der Waals surface area contributed by atoms with Crippen LogP contribution in [0.3, 0.4) is 0 Å². The van der Waals surface area contributed by atoms with E-state index in [9.17, 15) is 9.59 Å². The summed E-state index contributed by atoms with van der Waals surface area (Å²) in [4.78, 5) is 30.5. The molecule has 0 saturated carbocycles. The average Bonchev–Trinajstić information content (AvgIpc) is 2.99. The first-order valence-electron chi connectivity index (χ1n) is 8.51. The quantitative estimate of drug-likeness (QED) is 0.793. The third kappa shape index (κ3) is 3.73. The Labute approximate surface area is 149 Å². The Morgan fingerprint density at radius 1 is 1.56 bits per heavy atom. The van der Waals surface area contributed by atoms with Crippen LogP contribution in [-0.2, 0) is 11.2 Å². The third-order valence-corrected chi connectivity index (χ3v) is 5.58. The van der Waals surface area contributed by atoms with Crippen LogP contribution in [0.1, 0.15) is 31.9 Å². The zero-order valence-electron chi connectivity index (χ0n) is 14.2. The number of hydrogen-bond donors (Lipinski definition) is 1. The molecule has 1 aliphatic rings. The van der Waals surface area contributed by atoms with E-state index in [1.54, 1.807) is 6.07 Å². The van der Waals surface area contributed by atoms with Gasteiger partial charge in [-0.2, -0.15) is 4.52 Å². The number of carboxylic acid groups (broad SMARTS) is 1. The van der Waals surface area contributed by atoms with Crippen LogP contribution in [0.2, 0.25) is 0 Å². The molecule has 0 radical (unpaired) electrons. The van der Waals surface area contributed by atoms with Gasteiger partial charge in [0.25, 0.3) is 5.56 Å². The van der Waals surface area contributed by atoms with Crippen molar-refractivity contribution in [2.45, 2.75) is 32.6 Å². The summed E-state index contributed by atoms with van der Waals surface area (Å²) in [6, 6.07) is 1.55. The lowest BCUT2D eigenvalue weighted by atomic mass is 9.83. The van der Waals surface area contributed by atoms with Crippen LogP contribution in [-0.4, -0.2) is 38.8 Å². The molecule has 1 aliphatic heterocycles. The van der Waals surface area contributed by atoms with Gasteiger partial charge in [-0.05, 0) is 24.7 Å². The van der Waals surface area contributed by atoms with Crippen LogP contribution in [0.25, 0.3) is 4.96 Å². The molecule has 2 aromatic rings. The van der Waals surface area contributed by atoms with Crippen LogP contribution >= 0.6 is 11.3 Å². The number of aromatic nitrogens is 3. The molecular weight excluding hydrogens is 340 g/mol. The molecule has 1 fully saturated rings. The van der Waals surface area contributed by atoms with E-state index in [0.717, 1.165) is 36.6 Å². The third-order valence-electron chi connectivity index (χ3n) is 4.61. The smallest absolute Gasteiger partial charge is 0.303 e. The first-order chi connectivity index (χ1) is 12.0. The second-order valence-corrected chi connectivity index (χ2v) is 7.34. The Morgan fingerprint density at radius 3 is 3.04 bits per heavy atom. The van der Waals surface area contributed by atoms with Crippen LogP contribution in [0, 0.1) is 11.8 Å². The lowest BCUT2D eigenvalue weighted by molar-refractivity contribution is -0.138. The lowest BCUT2D eigenvalue weighted by Crippen LogP contribution is -2.40. The number of aryl methyl sites for hydroxylation is 1. The standard InChI is InChI=1S/C17H22N4O3S/c1-3-5-13-9-14(22)21-16(18-13)25-17(19-21)20-7-6-12(8-15(23)24)11(4-2)10-20/h4,9,11-12H,2-3,5-8,10H2,1H3,(H,23,24)/t11-,12-/m0/s1. The van der Waals surface area contributed by atoms with Gasteiger partial charge in [0.2, 0.25) is 10.1 Å². The van der Waals surface area contributed by atoms with E-state index in [1.165, 1.54) is 15.9 Å². The molecule has 0 spiro atoms. The SMILES string of the molecule is C=C[C@H]1CN(c2nn3c(=O)cc(CCC)nc3s2)CC[C@H]1CC(=O)O. The summed E-state index contributed by atoms with van der Waals surface area (Å²) in [7, 11) is 0. The summed E-state index contributed by atoms with van der Waals surface area (Å²) in [6.07, 6.45) is 4.47. The fraction of sp³-hybridized carbons (Fsp3) is 0.529. The zero-order valence-corrected chi connectivity index (χ0v) is 15.0. The van der Waals surface area contributed by atoms with Gasteiger partial charge in [-0.25, -0.2) is 4.98 Å². The molecule has 8 heteroatoms. The van der Waals surface area contributed by atoms with E-state index >= 15 is 0 Å². The summed E-state index contributed by atoms with van der Waals surface area (Å²) < 4.78 is 1.35. The molecule has 25 heavy (non-hydrogen) atoms. The van der Waals surface area contributed by atoms with E-state index in [-0.39, 0.29) is 23.8 Å². The lowest BCUT2D eigenvalue weighted by Gasteiger charge is -2.36. The summed E-state index contributed by atoms with van der Waals surface area (Å²) in [5.74, 6) is -0.584. The number of nitrogens with zero attached hydrogens (tertiary/aromatic N) is 4. The summed E-state index contributed by atoms with van der Waals surface area (Å²) >= 11 is 1.40. The maximum atomic E-state index is 12.2. The predicted octanol–water partition coefficient (Wildman–Crippen LogP) is 2.21. The normalized spacial score (nSPS) is 20.8. The summed E-state index contributed by atoms with van der Waals surface area (Å²) in [5, 5.41) is 14.2. The van der Waals surface area contributed by atoms with E-state index in [0.29, 0.717) is 11.5 Å². The number of hydrogen-bond acceptors (Lipinski definition) is 6. The Kier molecular flexibility index (Phi) is 5.17. The highest BCUT2D eigenvalue weighted by atomic mass is 32.1. The molecule has 7 nitrogen and oxygen atoms in total. The van der Waals surface area contributed by atoms with Crippen LogP contribution < -0.4 is 10.5 Å². The van der Waals surface area contributed by atoms with Gasteiger partial charge in [0.05, 0.1) is 0 Å². The highest BCUT2D eigenvalue weighted by Crippen LogP contribution is 2.32. The summed E-state index contributed by atoms with van der Waals surface area (Å²) in [5.41, 5.74) is 0.642. The van der Waals surface area contributed by atoms with Crippen molar-refractivity contribution in [1.82, 2.24) is 14.6 Å². The number of carbonyl (C=O) groups is 1. The Hall–Kier alpha value is -2.22. The first-order valence-corrected chi connectivity index (χ1v) is 9.32. The van der Waals surface area contributed by atoms with Crippen LogP contribution in [0.15, 0.2) is 23.5 Å². The van der Waals surface area contributed by atoms with Gasteiger partial charge in [0.15, 0.2) is 0 Å². The van der Waals surface area contributed by atoms with Crippen molar-refractivity contribution in [3.63, 3.8) is 0 Å². The van der Waals surface area contributed by atoms with E-state index in [2.05, 4.69) is 28.5 Å². The molecule has 0 aliphatic carbocycles. The van der Waals surface area contributed by atoms with Gasteiger partial charge in [-0.3, -0.25) is 9.59 Å². The Balaban J connectivity index is 1.84. The summed E-state index contributed by atoms with van der Waals surface area (Å²) in [6.45, 7) is 7.29. The first kappa shape index (κ1) is 17.6. The van der Waals surface area contributed by atoms with Gasteiger partial charge < -0.3 is 10.0 Å². The largest absolute Gasteiger partial charge is 0.481 e. The molecule has 0 bridgehead atoms. The molecule has 0 unspecified atom stereocenters. The fourth-order valence-corrected chi connectivity index (χ4v) is 4.27. The number of carboxylic acids is 1. The van der Waals surface area contributed by atoms with Crippen molar-refractivity contribution in [2.24, 2.45) is 11.8 Å². The minimum Gasteiger partial charge on any atom is -0.481 e. The van der Waals surface area contributed by atoms with Crippen molar-refractivity contribution < 1.29 is 9.90 Å². The van der Waals surface area contributed by atoms with Crippen molar-refractivity contribution in [3.8, 4) is 0 Å². The monoisotopic (exact) mass is 362 g/mol. The number of piperidine rings is 1. The van der Waals surface area contributed by atoms with Crippen molar-refractivity contribution in [1.29, 1.82) is 0 Å². The predicted molar refractivity (Wildman–Crippen MR) is 97.4 cm³/mol. The second-order valence-electron chi connectivity index (χ2n) is 6.41. The minimum atomic E-state index is -0.774. The molecule has 134 valence electrons. The van der Waals surface area contributed by atoms with Gasteiger partial charge in [-0.1, -0.05) is 30.8 Å². The van der Waals surface area contributed by atoms with Gasteiger partial charge >= 0.3 is 5.97 Å². The Bertz CT molecular complexity index is 844. The average molecular weight is 362 g/mol. The number of anilines is 1. The van der Waals surface area contributed by atoms with Gasteiger partial charge in [0, 0.05) is 31.3 Å². The molecule has 0 amide bonds. The van der Waals surface area contributed by atoms with E-state index < -0.39 is 5.97 Å². The molecule has 1 N–H and O–H groups in total. The van der Waals surface area contributed by atoms with E-state index in [4.69, 9.17) is 5.11 Å². The maximum Gasteiger partial charge on any atom is 0.303 e. The topological polar surface area (TPSA) is 87.8 Å². The number of rotatable bonds is 6. The van der Waals surface area contributed by atoms with Crippen LogP contribution in [0.5, 0.6) is 0 Å². The highest BCUT2D eigenvalue weighted by Gasteiger charge is 2.30. The molecule has 0 aromatic carbocycles. The second kappa shape index (κ2) is 7.35. The molecule has 2 aromatic heterocycles.